The van der Waals surface area contributed by atoms with Crippen molar-refractivity contribution in [1.29, 1.82) is 0 Å². The standard InChI is InChI=1S/C14H26N2O/c1-10-2-4-11(5-3-10)8-14(17)16-9-13(15)12-6-7-12/h10-13H,2-9,15H2,1H3,(H,16,17). The van der Waals surface area contributed by atoms with E-state index in [1.807, 2.05) is 0 Å². The maximum absolute atomic E-state index is 11.8. The van der Waals surface area contributed by atoms with E-state index in [9.17, 15) is 4.79 Å². The lowest BCUT2D eigenvalue weighted by atomic mass is 9.81. The monoisotopic (exact) mass is 238 g/mol. The first kappa shape index (κ1) is 12.9. The Balaban J connectivity index is 1.59. The van der Waals surface area contributed by atoms with Crippen LogP contribution in [0.1, 0.15) is 51.9 Å². The van der Waals surface area contributed by atoms with Crippen LogP contribution >= 0.6 is 0 Å². The summed E-state index contributed by atoms with van der Waals surface area (Å²) in [5, 5.41) is 3.00. The average molecular weight is 238 g/mol. The van der Waals surface area contributed by atoms with Gasteiger partial charge in [-0.05, 0) is 43.4 Å². The molecule has 0 radical (unpaired) electrons. The molecule has 3 N–H and O–H groups in total. The SMILES string of the molecule is CC1CCC(CC(=O)NCC(N)C2CC2)CC1. The molecule has 3 heteroatoms. The molecule has 0 saturated heterocycles. The van der Waals surface area contributed by atoms with Crippen molar-refractivity contribution in [3.8, 4) is 0 Å². The third kappa shape index (κ3) is 4.30. The van der Waals surface area contributed by atoms with E-state index in [1.165, 1.54) is 38.5 Å². The van der Waals surface area contributed by atoms with E-state index in [0.717, 1.165) is 5.92 Å². The van der Waals surface area contributed by atoms with Crippen LogP contribution in [0.2, 0.25) is 0 Å². The molecular formula is C14H26N2O. The summed E-state index contributed by atoms with van der Waals surface area (Å²) in [6.45, 7) is 2.98. The molecule has 2 fully saturated rings. The van der Waals surface area contributed by atoms with Crippen LogP contribution < -0.4 is 11.1 Å². The number of nitrogens with one attached hydrogen (secondary N) is 1. The lowest BCUT2D eigenvalue weighted by Crippen LogP contribution is -2.39. The van der Waals surface area contributed by atoms with Gasteiger partial charge in [0.15, 0.2) is 0 Å². The number of hydrogen-bond acceptors (Lipinski definition) is 2. The Kier molecular flexibility index (Phi) is 4.43. The summed E-state index contributed by atoms with van der Waals surface area (Å²) in [6, 6.07) is 0.185. The predicted octanol–water partition coefficient (Wildman–Crippen LogP) is 2.06. The lowest BCUT2D eigenvalue weighted by Gasteiger charge is -2.25. The molecule has 0 aliphatic heterocycles. The molecule has 0 aromatic heterocycles. The van der Waals surface area contributed by atoms with Gasteiger partial charge >= 0.3 is 0 Å². The number of hydrogen-bond donors (Lipinski definition) is 2. The Morgan fingerprint density at radius 2 is 1.88 bits per heavy atom. The Hall–Kier alpha value is -0.570. The van der Waals surface area contributed by atoms with Crippen molar-refractivity contribution in [3.05, 3.63) is 0 Å². The highest BCUT2D eigenvalue weighted by Gasteiger charge is 2.28. The quantitative estimate of drug-likeness (QED) is 0.770. The molecule has 2 saturated carbocycles. The van der Waals surface area contributed by atoms with E-state index in [-0.39, 0.29) is 11.9 Å². The molecule has 1 atom stereocenters. The van der Waals surface area contributed by atoms with Gasteiger partial charge in [-0.1, -0.05) is 19.8 Å². The van der Waals surface area contributed by atoms with Gasteiger partial charge in [-0.2, -0.15) is 0 Å². The minimum atomic E-state index is 0.185. The summed E-state index contributed by atoms with van der Waals surface area (Å²) in [5.41, 5.74) is 5.96. The van der Waals surface area contributed by atoms with E-state index >= 15 is 0 Å². The maximum Gasteiger partial charge on any atom is 0.220 e. The van der Waals surface area contributed by atoms with Crippen LogP contribution in [-0.2, 0) is 4.79 Å². The van der Waals surface area contributed by atoms with Crippen molar-refractivity contribution < 1.29 is 4.79 Å². The number of amides is 1. The number of rotatable bonds is 5. The molecule has 0 aromatic rings. The van der Waals surface area contributed by atoms with Crippen molar-refractivity contribution in [1.82, 2.24) is 5.32 Å². The van der Waals surface area contributed by atoms with E-state index < -0.39 is 0 Å². The van der Waals surface area contributed by atoms with Crippen molar-refractivity contribution in [2.24, 2.45) is 23.5 Å². The minimum Gasteiger partial charge on any atom is -0.355 e. The van der Waals surface area contributed by atoms with E-state index in [1.54, 1.807) is 0 Å². The van der Waals surface area contributed by atoms with Crippen LogP contribution in [0, 0.1) is 17.8 Å². The van der Waals surface area contributed by atoms with Gasteiger partial charge in [0.25, 0.3) is 0 Å². The van der Waals surface area contributed by atoms with Gasteiger partial charge in [0.2, 0.25) is 5.91 Å². The van der Waals surface area contributed by atoms with Gasteiger partial charge in [0.1, 0.15) is 0 Å². The third-order valence-corrected chi connectivity index (χ3v) is 4.37. The maximum atomic E-state index is 11.8. The van der Waals surface area contributed by atoms with Crippen LogP contribution in [0.4, 0.5) is 0 Å². The normalized spacial score (nSPS) is 30.9. The molecule has 0 heterocycles. The molecule has 2 rings (SSSR count). The summed E-state index contributed by atoms with van der Waals surface area (Å²) in [5.74, 6) is 2.35. The Morgan fingerprint density at radius 3 is 2.47 bits per heavy atom. The fourth-order valence-electron chi connectivity index (χ4n) is 2.79. The fraction of sp³-hybridized carbons (Fsp3) is 0.929. The zero-order valence-electron chi connectivity index (χ0n) is 11.0. The molecular weight excluding hydrogens is 212 g/mol. The molecule has 0 aromatic carbocycles. The van der Waals surface area contributed by atoms with E-state index in [2.05, 4.69) is 12.2 Å². The first-order valence-electron chi connectivity index (χ1n) is 7.17. The number of carbonyl (C=O) groups excluding carboxylic acids is 1. The van der Waals surface area contributed by atoms with Gasteiger partial charge in [-0.25, -0.2) is 0 Å². The number of nitrogens with two attached hydrogens (primary N) is 1. The highest BCUT2D eigenvalue weighted by Crippen LogP contribution is 2.31. The first-order chi connectivity index (χ1) is 8.15. The van der Waals surface area contributed by atoms with Crippen LogP contribution in [0.15, 0.2) is 0 Å². The van der Waals surface area contributed by atoms with Crippen molar-refractivity contribution in [2.45, 2.75) is 57.9 Å². The van der Waals surface area contributed by atoms with Gasteiger partial charge < -0.3 is 11.1 Å². The molecule has 0 spiro atoms. The average Bonchev–Trinajstić information content (AvgIpc) is 3.13. The van der Waals surface area contributed by atoms with Crippen LogP contribution in [-0.4, -0.2) is 18.5 Å². The third-order valence-electron chi connectivity index (χ3n) is 4.37. The molecule has 0 bridgehead atoms. The molecule has 98 valence electrons. The Labute approximate surface area is 105 Å². The summed E-state index contributed by atoms with van der Waals surface area (Å²) in [7, 11) is 0. The van der Waals surface area contributed by atoms with E-state index in [4.69, 9.17) is 5.73 Å². The van der Waals surface area contributed by atoms with Gasteiger partial charge in [0.05, 0.1) is 0 Å². The molecule has 17 heavy (non-hydrogen) atoms. The van der Waals surface area contributed by atoms with E-state index in [0.29, 0.717) is 24.8 Å². The lowest BCUT2D eigenvalue weighted by molar-refractivity contribution is -0.122. The Bertz CT molecular complexity index is 255. The van der Waals surface area contributed by atoms with Crippen LogP contribution in [0.3, 0.4) is 0 Å². The van der Waals surface area contributed by atoms with Crippen molar-refractivity contribution >= 4 is 5.91 Å². The predicted molar refractivity (Wildman–Crippen MR) is 69.4 cm³/mol. The summed E-state index contributed by atoms with van der Waals surface area (Å²) >= 11 is 0. The zero-order chi connectivity index (χ0) is 12.3. The second kappa shape index (κ2) is 5.85. The topological polar surface area (TPSA) is 55.1 Å². The highest BCUT2D eigenvalue weighted by molar-refractivity contribution is 5.76. The summed E-state index contributed by atoms with van der Waals surface area (Å²) < 4.78 is 0. The highest BCUT2D eigenvalue weighted by atomic mass is 16.1. The summed E-state index contributed by atoms with van der Waals surface area (Å²) in [4.78, 5) is 11.8. The van der Waals surface area contributed by atoms with Crippen molar-refractivity contribution in [3.63, 3.8) is 0 Å². The van der Waals surface area contributed by atoms with Crippen LogP contribution in [0.5, 0.6) is 0 Å². The molecule has 1 unspecified atom stereocenters. The van der Waals surface area contributed by atoms with Crippen LogP contribution in [0.25, 0.3) is 0 Å². The molecule has 3 nitrogen and oxygen atoms in total. The minimum absolute atomic E-state index is 0.185. The molecule has 2 aliphatic carbocycles. The Morgan fingerprint density at radius 1 is 1.24 bits per heavy atom. The molecule has 2 aliphatic rings. The smallest absolute Gasteiger partial charge is 0.220 e. The molecule has 1 amide bonds. The second-order valence-electron chi connectivity index (χ2n) is 6.14. The van der Waals surface area contributed by atoms with Crippen molar-refractivity contribution in [2.75, 3.05) is 6.54 Å². The fourth-order valence-corrected chi connectivity index (χ4v) is 2.79. The largest absolute Gasteiger partial charge is 0.355 e. The number of carbonyl (C=O) groups is 1. The van der Waals surface area contributed by atoms with Gasteiger partial charge in [-0.15, -0.1) is 0 Å². The summed E-state index contributed by atoms with van der Waals surface area (Å²) in [6.07, 6.45) is 8.24. The van der Waals surface area contributed by atoms with Gasteiger partial charge in [-0.3, -0.25) is 4.79 Å². The zero-order valence-corrected chi connectivity index (χ0v) is 11.0. The first-order valence-corrected chi connectivity index (χ1v) is 7.17. The second-order valence-corrected chi connectivity index (χ2v) is 6.14. The van der Waals surface area contributed by atoms with Gasteiger partial charge in [0, 0.05) is 19.0 Å².